The van der Waals surface area contributed by atoms with E-state index in [1.165, 1.54) is 12.1 Å². The van der Waals surface area contributed by atoms with E-state index in [4.69, 9.17) is 9.47 Å². The second kappa shape index (κ2) is 7.67. The van der Waals surface area contributed by atoms with E-state index in [0.29, 0.717) is 17.9 Å². The molecule has 0 spiro atoms. The predicted octanol–water partition coefficient (Wildman–Crippen LogP) is 2.28. The molecule has 118 valence electrons. The highest BCUT2D eigenvalue weighted by atomic mass is 16.6. The van der Waals surface area contributed by atoms with Crippen LogP contribution in [-0.4, -0.2) is 56.0 Å². The van der Waals surface area contributed by atoms with Crippen molar-refractivity contribution in [1.29, 1.82) is 0 Å². The lowest BCUT2D eigenvalue weighted by atomic mass is 10.1. The van der Waals surface area contributed by atoms with Crippen molar-refractivity contribution in [2.24, 2.45) is 4.99 Å². The van der Waals surface area contributed by atoms with E-state index < -0.39 is 4.92 Å². The molecule has 1 fully saturated rings. The van der Waals surface area contributed by atoms with Crippen LogP contribution in [0.1, 0.15) is 5.56 Å². The molecule has 1 aromatic carbocycles. The number of rotatable bonds is 7. The van der Waals surface area contributed by atoms with Crippen LogP contribution in [0.15, 0.2) is 23.7 Å². The first-order valence-corrected chi connectivity index (χ1v) is 7.00. The maximum Gasteiger partial charge on any atom is 0.299 e. The average molecular weight is 305 g/mol. The molecule has 1 aliphatic heterocycles. The molecule has 1 heterocycles. The normalized spacial score (nSPS) is 15.3. The zero-order chi connectivity index (χ0) is 15.9. The molecule has 0 bridgehead atoms. The zero-order valence-electron chi connectivity index (χ0n) is 12.4. The molecule has 1 saturated heterocycles. The first kappa shape index (κ1) is 16.1. The van der Waals surface area contributed by atoms with Crippen LogP contribution in [-0.2, 0) is 4.74 Å². The Bertz CT molecular complexity index is 568. The lowest BCUT2D eigenvalue weighted by Gasteiger charge is -2.26. The average Bonchev–Trinajstić information content (AvgIpc) is 2.54. The third-order valence-electron chi connectivity index (χ3n) is 3.45. The Morgan fingerprint density at radius 1 is 1.45 bits per heavy atom. The second-order valence-corrected chi connectivity index (χ2v) is 4.80. The second-order valence-electron chi connectivity index (χ2n) is 4.80. The molecule has 2 rings (SSSR count). The molecule has 7 nitrogen and oxygen atoms in total. The van der Waals surface area contributed by atoms with Gasteiger partial charge in [0.05, 0.1) is 24.2 Å². The molecule has 0 N–H and O–H groups in total. The summed E-state index contributed by atoms with van der Waals surface area (Å²) in [5.74, 6) is 0.433. The highest BCUT2D eigenvalue weighted by Crippen LogP contribution is 2.36. The minimum atomic E-state index is -0.494. The molecule has 0 saturated carbocycles. The van der Waals surface area contributed by atoms with Gasteiger partial charge in [0.15, 0.2) is 0 Å². The van der Waals surface area contributed by atoms with Crippen LogP contribution in [0, 0.1) is 10.1 Å². The number of hydrogen-bond acceptors (Lipinski definition) is 6. The van der Waals surface area contributed by atoms with Crippen molar-refractivity contribution in [3.05, 3.63) is 34.4 Å². The fourth-order valence-corrected chi connectivity index (χ4v) is 2.28. The topological polar surface area (TPSA) is 77.2 Å². The summed E-state index contributed by atoms with van der Waals surface area (Å²) in [4.78, 5) is 16.6. The highest BCUT2D eigenvalue weighted by Gasteiger charge is 2.18. The van der Waals surface area contributed by atoms with E-state index in [9.17, 15) is 10.1 Å². The van der Waals surface area contributed by atoms with Crippen molar-refractivity contribution < 1.29 is 14.4 Å². The highest BCUT2D eigenvalue weighted by molar-refractivity contribution is 5.75. The van der Waals surface area contributed by atoms with Crippen LogP contribution >= 0.6 is 0 Å². The van der Waals surface area contributed by atoms with Gasteiger partial charge >= 0.3 is 0 Å². The van der Waals surface area contributed by atoms with Gasteiger partial charge in [0.1, 0.15) is 18.0 Å². The summed E-state index contributed by atoms with van der Waals surface area (Å²) in [5.41, 5.74) is 0.611. The first-order valence-electron chi connectivity index (χ1n) is 7.00. The van der Waals surface area contributed by atoms with Gasteiger partial charge < -0.3 is 9.47 Å². The summed E-state index contributed by atoms with van der Waals surface area (Å²) in [7, 11) is 0. The van der Waals surface area contributed by atoms with Gasteiger partial charge in [-0.05, 0) is 12.8 Å². The molecule has 0 unspecified atom stereocenters. The number of nitro benzene ring substituents is 1. The van der Waals surface area contributed by atoms with Crippen molar-refractivity contribution in [3.8, 4) is 5.75 Å². The van der Waals surface area contributed by atoms with Crippen molar-refractivity contribution in [2.45, 2.75) is 0 Å². The molecule has 0 atom stereocenters. The van der Waals surface area contributed by atoms with Gasteiger partial charge in [-0.25, -0.2) is 0 Å². The molecule has 7 heteroatoms. The number of benzene rings is 1. The summed E-state index contributed by atoms with van der Waals surface area (Å²) >= 11 is 0. The third-order valence-corrected chi connectivity index (χ3v) is 3.45. The first-order chi connectivity index (χ1) is 10.7. The monoisotopic (exact) mass is 305 g/mol. The Kier molecular flexibility index (Phi) is 5.62. The largest absolute Gasteiger partial charge is 0.492 e. The Hall–Kier alpha value is -2.25. The van der Waals surface area contributed by atoms with Gasteiger partial charge in [-0.1, -0.05) is 12.7 Å². The van der Waals surface area contributed by atoms with Crippen LogP contribution in [0.5, 0.6) is 5.75 Å². The van der Waals surface area contributed by atoms with Gasteiger partial charge in [-0.15, -0.1) is 0 Å². The Balaban J connectivity index is 2.06. The summed E-state index contributed by atoms with van der Waals surface area (Å²) in [6, 6.07) is 3.06. The van der Waals surface area contributed by atoms with Gasteiger partial charge in [-0.2, -0.15) is 0 Å². The molecular weight excluding hydrogens is 286 g/mol. The number of nitro groups is 1. The van der Waals surface area contributed by atoms with Crippen molar-refractivity contribution in [1.82, 2.24) is 4.90 Å². The number of hydrogen-bond donors (Lipinski definition) is 0. The van der Waals surface area contributed by atoms with Gasteiger partial charge in [0, 0.05) is 25.2 Å². The van der Waals surface area contributed by atoms with Crippen LogP contribution in [0.2, 0.25) is 0 Å². The van der Waals surface area contributed by atoms with Crippen LogP contribution < -0.4 is 4.74 Å². The Morgan fingerprint density at radius 3 is 2.77 bits per heavy atom. The molecule has 0 aliphatic carbocycles. The lowest BCUT2D eigenvalue weighted by molar-refractivity contribution is -0.384. The maximum atomic E-state index is 11.1. The summed E-state index contributed by atoms with van der Waals surface area (Å²) in [5, 5.41) is 11.1. The standard InChI is InChI=1S/C15H19N3O4/c1-3-12-10-13(11-14(18(19)20)15(12)16-2)22-9-6-17-4-7-21-8-5-17/h3,10-11H,1-2,4-9H2. The Morgan fingerprint density at radius 2 is 2.18 bits per heavy atom. The number of nitrogens with zero attached hydrogens (tertiary/aromatic N) is 3. The minimum absolute atomic E-state index is 0.131. The van der Waals surface area contributed by atoms with Crippen LogP contribution in [0.3, 0.4) is 0 Å². The zero-order valence-corrected chi connectivity index (χ0v) is 12.4. The number of morpholine rings is 1. The fraction of sp³-hybridized carbons (Fsp3) is 0.400. The minimum Gasteiger partial charge on any atom is -0.492 e. The molecule has 22 heavy (non-hydrogen) atoms. The summed E-state index contributed by atoms with van der Waals surface area (Å²) in [6.07, 6.45) is 1.51. The smallest absolute Gasteiger partial charge is 0.299 e. The van der Waals surface area contributed by atoms with Crippen molar-refractivity contribution in [3.63, 3.8) is 0 Å². The predicted molar refractivity (Wildman–Crippen MR) is 85.2 cm³/mol. The van der Waals surface area contributed by atoms with E-state index in [0.717, 1.165) is 32.8 Å². The van der Waals surface area contributed by atoms with E-state index >= 15 is 0 Å². The molecule has 0 aromatic heterocycles. The molecule has 1 aliphatic rings. The van der Waals surface area contributed by atoms with Crippen molar-refractivity contribution >= 4 is 24.2 Å². The third kappa shape index (κ3) is 3.90. The van der Waals surface area contributed by atoms with E-state index in [-0.39, 0.29) is 11.4 Å². The van der Waals surface area contributed by atoms with Gasteiger partial charge in [0.25, 0.3) is 5.69 Å². The number of ether oxygens (including phenoxy) is 2. The summed E-state index contributed by atoms with van der Waals surface area (Å²) < 4.78 is 10.9. The van der Waals surface area contributed by atoms with E-state index in [1.54, 1.807) is 6.07 Å². The maximum absolute atomic E-state index is 11.1. The van der Waals surface area contributed by atoms with Crippen molar-refractivity contribution in [2.75, 3.05) is 39.5 Å². The summed E-state index contributed by atoms with van der Waals surface area (Å²) in [6.45, 7) is 11.4. The SMILES string of the molecule is C=Cc1cc(OCCN2CCOCC2)cc([N+](=O)[O-])c1N=C. The molecule has 1 aromatic rings. The lowest BCUT2D eigenvalue weighted by Crippen LogP contribution is -2.38. The van der Waals surface area contributed by atoms with Gasteiger partial charge in [-0.3, -0.25) is 20.0 Å². The quantitative estimate of drug-likeness (QED) is 0.439. The van der Waals surface area contributed by atoms with Crippen LogP contribution in [0.4, 0.5) is 11.4 Å². The van der Waals surface area contributed by atoms with E-state index in [1.807, 2.05) is 0 Å². The van der Waals surface area contributed by atoms with Gasteiger partial charge in [0.2, 0.25) is 0 Å². The molecule has 0 radical (unpaired) electrons. The number of aliphatic imine (C=N–C) groups is 1. The molecule has 0 amide bonds. The fourth-order valence-electron chi connectivity index (χ4n) is 2.28. The molecular formula is C15H19N3O4. The van der Waals surface area contributed by atoms with E-state index in [2.05, 4.69) is 23.2 Å². The van der Waals surface area contributed by atoms with Crippen LogP contribution in [0.25, 0.3) is 6.08 Å². The Labute approximate surface area is 129 Å².